The van der Waals surface area contributed by atoms with Gasteiger partial charge in [-0.15, -0.1) is 0 Å². The number of hydrogen-bond acceptors (Lipinski definition) is 3. The Labute approximate surface area is 137 Å². The Bertz CT molecular complexity index is 654. The number of nitrogens with one attached hydrogen (secondary N) is 1. The third kappa shape index (κ3) is 3.63. The van der Waals surface area contributed by atoms with Crippen molar-refractivity contribution >= 4 is 50.8 Å². The van der Waals surface area contributed by atoms with Crippen LogP contribution in [-0.2, 0) is 14.8 Å². The summed E-state index contributed by atoms with van der Waals surface area (Å²) >= 11 is 17.5. The number of halogens is 3. The maximum absolute atomic E-state index is 12.4. The van der Waals surface area contributed by atoms with E-state index < -0.39 is 28.0 Å². The second-order valence-corrected chi connectivity index (χ2v) is 7.70. The topological polar surface area (TPSA) is 83.5 Å². The minimum atomic E-state index is -4.02. The van der Waals surface area contributed by atoms with E-state index in [4.69, 9.17) is 39.9 Å². The molecule has 0 spiro atoms. The fraction of sp³-hybridized carbons (Fsp3) is 0.417. The van der Waals surface area contributed by atoms with Gasteiger partial charge in [0.1, 0.15) is 4.90 Å². The van der Waals surface area contributed by atoms with Crippen LogP contribution >= 0.6 is 34.8 Å². The van der Waals surface area contributed by atoms with Crippen molar-refractivity contribution < 1.29 is 18.3 Å². The van der Waals surface area contributed by atoms with Crippen LogP contribution in [0.2, 0.25) is 15.1 Å². The number of carboxylic acid groups (broad SMARTS) is 1. The summed E-state index contributed by atoms with van der Waals surface area (Å²) in [5, 5.41) is 9.09. The maximum atomic E-state index is 12.4. The molecule has 0 radical (unpaired) electrons. The van der Waals surface area contributed by atoms with Crippen LogP contribution in [0, 0.1) is 5.92 Å². The fourth-order valence-corrected chi connectivity index (χ4v) is 5.30. The van der Waals surface area contributed by atoms with Gasteiger partial charge in [0, 0.05) is 11.1 Å². The van der Waals surface area contributed by atoms with E-state index >= 15 is 0 Å². The summed E-state index contributed by atoms with van der Waals surface area (Å²) in [5.74, 6) is -1.77. The van der Waals surface area contributed by atoms with E-state index in [9.17, 15) is 13.2 Å². The lowest BCUT2D eigenvalue weighted by Crippen LogP contribution is -2.40. The summed E-state index contributed by atoms with van der Waals surface area (Å²) < 4.78 is 27.2. The number of carboxylic acids is 1. The van der Waals surface area contributed by atoms with E-state index in [0.717, 1.165) is 0 Å². The molecule has 1 saturated carbocycles. The molecule has 2 N–H and O–H groups in total. The Morgan fingerprint density at radius 2 is 1.76 bits per heavy atom. The Morgan fingerprint density at radius 3 is 2.29 bits per heavy atom. The SMILES string of the molecule is O=C(O)C1CCCC1NS(=O)(=O)c1c(Cl)cc(Cl)cc1Cl. The molecular weight excluding hydrogens is 361 g/mol. The van der Waals surface area contributed by atoms with Gasteiger partial charge in [-0.3, -0.25) is 4.79 Å². The average Bonchev–Trinajstić information content (AvgIpc) is 2.73. The van der Waals surface area contributed by atoms with Gasteiger partial charge < -0.3 is 5.11 Å². The van der Waals surface area contributed by atoms with Crippen molar-refractivity contribution in [3.63, 3.8) is 0 Å². The van der Waals surface area contributed by atoms with Crippen LogP contribution in [0.25, 0.3) is 0 Å². The Morgan fingerprint density at radius 1 is 1.19 bits per heavy atom. The highest BCUT2D eigenvalue weighted by Gasteiger charge is 2.36. The monoisotopic (exact) mass is 371 g/mol. The third-order valence-corrected chi connectivity index (χ3v) is 6.00. The molecule has 1 aromatic carbocycles. The molecule has 2 rings (SSSR count). The third-order valence-electron chi connectivity index (χ3n) is 3.37. The molecule has 9 heteroatoms. The van der Waals surface area contributed by atoms with E-state index in [1.165, 1.54) is 12.1 Å². The first-order valence-electron chi connectivity index (χ1n) is 6.12. The first kappa shape index (κ1) is 16.8. The minimum Gasteiger partial charge on any atom is -0.481 e. The molecule has 0 saturated heterocycles. The summed E-state index contributed by atoms with van der Waals surface area (Å²) in [7, 11) is -4.02. The molecule has 5 nitrogen and oxygen atoms in total. The standard InChI is InChI=1S/C12H12Cl3NO4S/c13-6-4-8(14)11(9(15)5-6)21(19,20)16-10-3-1-2-7(10)12(17)18/h4-5,7,10,16H,1-3H2,(H,17,18). The lowest BCUT2D eigenvalue weighted by atomic mass is 10.1. The van der Waals surface area contributed by atoms with Crippen LogP contribution in [0.3, 0.4) is 0 Å². The molecule has 1 aromatic rings. The van der Waals surface area contributed by atoms with E-state index in [1.807, 2.05) is 0 Å². The number of aliphatic carboxylic acids is 1. The number of sulfonamides is 1. The first-order valence-corrected chi connectivity index (χ1v) is 8.74. The van der Waals surface area contributed by atoms with Crippen LogP contribution < -0.4 is 4.72 Å². The largest absolute Gasteiger partial charge is 0.481 e. The Kier molecular flexibility index (Phi) is 5.05. The summed E-state index contributed by atoms with van der Waals surface area (Å²) in [4.78, 5) is 10.8. The van der Waals surface area contributed by atoms with Crippen molar-refractivity contribution in [2.75, 3.05) is 0 Å². The molecule has 2 atom stereocenters. The maximum Gasteiger partial charge on any atom is 0.308 e. The van der Waals surface area contributed by atoms with E-state index in [2.05, 4.69) is 4.72 Å². The van der Waals surface area contributed by atoms with Gasteiger partial charge in [0.05, 0.1) is 16.0 Å². The summed E-state index contributed by atoms with van der Waals surface area (Å²) in [6.45, 7) is 0. The summed E-state index contributed by atoms with van der Waals surface area (Å²) in [6.07, 6.45) is 1.54. The van der Waals surface area contributed by atoms with Crippen molar-refractivity contribution in [1.29, 1.82) is 0 Å². The predicted molar refractivity (Wildman–Crippen MR) is 80.6 cm³/mol. The van der Waals surface area contributed by atoms with E-state index in [1.54, 1.807) is 0 Å². The fourth-order valence-electron chi connectivity index (χ4n) is 2.44. The van der Waals surface area contributed by atoms with Crippen molar-refractivity contribution in [3.8, 4) is 0 Å². The minimum absolute atomic E-state index is 0.107. The molecule has 1 aliphatic carbocycles. The normalized spacial score (nSPS) is 22.4. The van der Waals surface area contributed by atoms with Crippen LogP contribution in [0.1, 0.15) is 19.3 Å². The zero-order chi connectivity index (χ0) is 15.8. The van der Waals surface area contributed by atoms with E-state index in [-0.39, 0.29) is 20.0 Å². The smallest absolute Gasteiger partial charge is 0.308 e. The van der Waals surface area contributed by atoms with Crippen LogP contribution in [-0.4, -0.2) is 25.5 Å². The highest BCUT2D eigenvalue weighted by atomic mass is 35.5. The molecule has 0 bridgehead atoms. The predicted octanol–water partition coefficient (Wildman–Crippen LogP) is 3.18. The zero-order valence-electron chi connectivity index (χ0n) is 10.6. The van der Waals surface area contributed by atoms with Gasteiger partial charge in [-0.2, -0.15) is 0 Å². The molecule has 2 unspecified atom stereocenters. The number of hydrogen-bond donors (Lipinski definition) is 2. The molecule has 0 amide bonds. The highest BCUT2D eigenvalue weighted by Crippen LogP contribution is 2.34. The highest BCUT2D eigenvalue weighted by molar-refractivity contribution is 7.89. The zero-order valence-corrected chi connectivity index (χ0v) is 13.7. The van der Waals surface area contributed by atoms with Gasteiger partial charge >= 0.3 is 5.97 Å². The van der Waals surface area contributed by atoms with Gasteiger partial charge in [0.15, 0.2) is 0 Å². The summed E-state index contributed by atoms with van der Waals surface area (Å²) in [6, 6.07) is 1.87. The number of rotatable bonds is 4. The molecule has 1 fully saturated rings. The number of carbonyl (C=O) groups is 1. The van der Waals surface area contributed by atoms with Gasteiger partial charge in [0.2, 0.25) is 10.0 Å². The second-order valence-electron chi connectivity index (χ2n) is 4.80. The Balaban J connectivity index is 2.33. The molecule has 0 aromatic heterocycles. The van der Waals surface area contributed by atoms with Gasteiger partial charge in [-0.1, -0.05) is 41.2 Å². The van der Waals surface area contributed by atoms with Gasteiger partial charge in [0.25, 0.3) is 0 Å². The molecular formula is C12H12Cl3NO4S. The van der Waals surface area contributed by atoms with Crippen molar-refractivity contribution in [2.45, 2.75) is 30.2 Å². The molecule has 0 heterocycles. The lowest BCUT2D eigenvalue weighted by Gasteiger charge is -2.18. The molecule has 1 aliphatic rings. The molecule has 0 aliphatic heterocycles. The van der Waals surface area contributed by atoms with Crippen LogP contribution in [0.15, 0.2) is 17.0 Å². The van der Waals surface area contributed by atoms with Crippen LogP contribution in [0.5, 0.6) is 0 Å². The second kappa shape index (κ2) is 6.30. The Hall–Kier alpha value is -0.530. The first-order chi connectivity index (χ1) is 9.72. The molecule has 116 valence electrons. The van der Waals surface area contributed by atoms with Gasteiger partial charge in [-0.25, -0.2) is 13.1 Å². The summed E-state index contributed by atoms with van der Waals surface area (Å²) in [5.41, 5.74) is 0. The molecule has 21 heavy (non-hydrogen) atoms. The van der Waals surface area contributed by atoms with Crippen molar-refractivity contribution in [2.24, 2.45) is 5.92 Å². The quantitative estimate of drug-likeness (QED) is 0.850. The van der Waals surface area contributed by atoms with Gasteiger partial charge in [-0.05, 0) is 25.0 Å². The van der Waals surface area contributed by atoms with Crippen LogP contribution in [0.4, 0.5) is 0 Å². The lowest BCUT2D eigenvalue weighted by molar-refractivity contribution is -0.141. The van der Waals surface area contributed by atoms with E-state index in [0.29, 0.717) is 19.3 Å². The average molecular weight is 373 g/mol. The number of benzene rings is 1. The van der Waals surface area contributed by atoms with Crippen molar-refractivity contribution in [1.82, 2.24) is 4.72 Å². The van der Waals surface area contributed by atoms with Crippen molar-refractivity contribution in [3.05, 3.63) is 27.2 Å².